The second-order valence-corrected chi connectivity index (χ2v) is 3.71. The van der Waals surface area contributed by atoms with Crippen molar-refractivity contribution < 1.29 is 9.90 Å². The van der Waals surface area contributed by atoms with E-state index in [2.05, 4.69) is 6.07 Å². The Labute approximate surface area is 75.9 Å². The molecular formula is C9H12O2S. The van der Waals surface area contributed by atoms with Crippen molar-refractivity contribution in [2.45, 2.75) is 25.7 Å². The number of unbranched alkanes of at least 4 members (excludes halogenated alkanes) is 1. The van der Waals surface area contributed by atoms with Crippen LogP contribution in [0.15, 0.2) is 17.5 Å². The van der Waals surface area contributed by atoms with Crippen LogP contribution in [0.1, 0.15) is 24.1 Å². The highest BCUT2D eigenvalue weighted by atomic mass is 32.1. The summed E-state index contributed by atoms with van der Waals surface area (Å²) in [5.41, 5.74) is 0. The summed E-state index contributed by atoms with van der Waals surface area (Å²) in [5, 5.41) is 10.4. The molecule has 12 heavy (non-hydrogen) atoms. The lowest BCUT2D eigenvalue weighted by molar-refractivity contribution is -0.137. The van der Waals surface area contributed by atoms with Crippen molar-refractivity contribution in [2.75, 3.05) is 0 Å². The topological polar surface area (TPSA) is 37.3 Å². The van der Waals surface area contributed by atoms with Gasteiger partial charge in [0.05, 0.1) is 0 Å². The molecule has 1 aromatic rings. The van der Waals surface area contributed by atoms with Crippen molar-refractivity contribution in [1.82, 2.24) is 0 Å². The molecule has 0 aliphatic heterocycles. The van der Waals surface area contributed by atoms with Crippen molar-refractivity contribution in [2.24, 2.45) is 0 Å². The molecule has 0 aromatic carbocycles. The third kappa shape index (κ3) is 3.53. The number of hydrogen-bond donors (Lipinski definition) is 1. The van der Waals surface area contributed by atoms with Crippen LogP contribution in [0.3, 0.4) is 0 Å². The fourth-order valence-corrected chi connectivity index (χ4v) is 1.78. The molecule has 2 nitrogen and oxygen atoms in total. The van der Waals surface area contributed by atoms with Gasteiger partial charge < -0.3 is 5.11 Å². The van der Waals surface area contributed by atoms with Gasteiger partial charge in [-0.15, -0.1) is 11.3 Å². The van der Waals surface area contributed by atoms with Gasteiger partial charge in [-0.3, -0.25) is 4.79 Å². The lowest BCUT2D eigenvalue weighted by atomic mass is 10.2. The Balaban J connectivity index is 2.07. The van der Waals surface area contributed by atoms with Gasteiger partial charge in [0, 0.05) is 11.3 Å². The highest BCUT2D eigenvalue weighted by Gasteiger charge is 1.97. The highest BCUT2D eigenvalue weighted by Crippen LogP contribution is 2.12. The first kappa shape index (κ1) is 9.26. The number of carboxylic acids is 1. The zero-order valence-electron chi connectivity index (χ0n) is 6.82. The van der Waals surface area contributed by atoms with Crippen LogP contribution in [0.5, 0.6) is 0 Å². The number of aliphatic carboxylic acids is 1. The van der Waals surface area contributed by atoms with Crippen molar-refractivity contribution in [3.05, 3.63) is 22.4 Å². The van der Waals surface area contributed by atoms with Crippen molar-refractivity contribution in [1.29, 1.82) is 0 Å². The maximum atomic E-state index is 10.2. The number of aryl methyl sites for hydroxylation is 1. The van der Waals surface area contributed by atoms with Gasteiger partial charge in [0.1, 0.15) is 0 Å². The molecule has 0 radical (unpaired) electrons. The molecule has 1 N–H and O–H groups in total. The fraction of sp³-hybridized carbons (Fsp3) is 0.444. The summed E-state index contributed by atoms with van der Waals surface area (Å²) in [5.74, 6) is -0.693. The average molecular weight is 184 g/mol. The lowest BCUT2D eigenvalue weighted by Crippen LogP contribution is -1.94. The Morgan fingerprint density at radius 3 is 2.92 bits per heavy atom. The number of thiophene rings is 1. The van der Waals surface area contributed by atoms with Gasteiger partial charge in [0.25, 0.3) is 0 Å². The standard InChI is InChI=1S/C9H12O2S/c10-9(11)6-2-1-4-8-5-3-7-12-8/h3,5,7H,1-2,4,6H2,(H,10,11). The van der Waals surface area contributed by atoms with E-state index in [1.807, 2.05) is 11.4 Å². The quantitative estimate of drug-likeness (QED) is 0.714. The minimum absolute atomic E-state index is 0.297. The van der Waals surface area contributed by atoms with Crippen LogP contribution in [0.25, 0.3) is 0 Å². The molecule has 1 aromatic heterocycles. The summed E-state index contributed by atoms with van der Waals surface area (Å²) in [6, 6.07) is 4.11. The first-order valence-electron chi connectivity index (χ1n) is 4.03. The van der Waals surface area contributed by atoms with Crippen LogP contribution in [-0.2, 0) is 11.2 Å². The number of carboxylic acid groups (broad SMARTS) is 1. The normalized spacial score (nSPS) is 10.0. The van der Waals surface area contributed by atoms with Gasteiger partial charge >= 0.3 is 5.97 Å². The second-order valence-electron chi connectivity index (χ2n) is 2.68. The zero-order chi connectivity index (χ0) is 8.81. The van der Waals surface area contributed by atoms with Gasteiger partial charge in [0.15, 0.2) is 0 Å². The maximum Gasteiger partial charge on any atom is 0.303 e. The van der Waals surface area contributed by atoms with Gasteiger partial charge in [-0.1, -0.05) is 6.07 Å². The van der Waals surface area contributed by atoms with Gasteiger partial charge in [-0.05, 0) is 30.7 Å². The van der Waals surface area contributed by atoms with E-state index >= 15 is 0 Å². The summed E-state index contributed by atoms with van der Waals surface area (Å²) in [4.78, 5) is 11.5. The van der Waals surface area contributed by atoms with Crippen molar-refractivity contribution in [3.8, 4) is 0 Å². The first-order chi connectivity index (χ1) is 5.79. The third-order valence-electron chi connectivity index (χ3n) is 1.64. The van der Waals surface area contributed by atoms with Crippen LogP contribution in [0.4, 0.5) is 0 Å². The minimum atomic E-state index is -0.693. The third-order valence-corrected chi connectivity index (χ3v) is 2.58. The SMILES string of the molecule is O=C(O)CCCCc1cccs1. The van der Waals surface area contributed by atoms with Gasteiger partial charge in [0.2, 0.25) is 0 Å². The van der Waals surface area contributed by atoms with Gasteiger partial charge in [-0.2, -0.15) is 0 Å². The molecule has 0 aliphatic carbocycles. The minimum Gasteiger partial charge on any atom is -0.481 e. The molecule has 0 bridgehead atoms. The average Bonchev–Trinajstić information content (AvgIpc) is 2.49. The predicted octanol–water partition coefficient (Wildman–Crippen LogP) is 2.55. The number of rotatable bonds is 5. The summed E-state index contributed by atoms with van der Waals surface area (Å²) >= 11 is 1.73. The van der Waals surface area contributed by atoms with Crippen molar-refractivity contribution >= 4 is 17.3 Å². The first-order valence-corrected chi connectivity index (χ1v) is 4.91. The smallest absolute Gasteiger partial charge is 0.303 e. The molecule has 0 spiro atoms. The summed E-state index contributed by atoms with van der Waals surface area (Å²) in [7, 11) is 0. The predicted molar refractivity (Wildman–Crippen MR) is 49.5 cm³/mol. The Kier molecular flexibility index (Phi) is 3.80. The molecule has 1 heterocycles. The number of carbonyl (C=O) groups is 1. The van der Waals surface area contributed by atoms with Crippen LogP contribution >= 0.6 is 11.3 Å². The van der Waals surface area contributed by atoms with E-state index in [4.69, 9.17) is 5.11 Å². The largest absolute Gasteiger partial charge is 0.481 e. The van der Waals surface area contributed by atoms with Crippen LogP contribution in [-0.4, -0.2) is 11.1 Å². The Morgan fingerprint density at radius 2 is 2.33 bits per heavy atom. The molecule has 66 valence electrons. The Bertz CT molecular complexity index is 229. The summed E-state index contributed by atoms with van der Waals surface area (Å²) < 4.78 is 0. The Hall–Kier alpha value is -0.830. The molecule has 0 atom stereocenters. The van der Waals surface area contributed by atoms with E-state index < -0.39 is 5.97 Å². The van der Waals surface area contributed by atoms with Crippen LogP contribution < -0.4 is 0 Å². The molecule has 0 amide bonds. The second kappa shape index (κ2) is 4.93. The molecule has 0 saturated carbocycles. The zero-order valence-corrected chi connectivity index (χ0v) is 7.64. The monoisotopic (exact) mass is 184 g/mol. The molecule has 0 saturated heterocycles. The summed E-state index contributed by atoms with van der Waals surface area (Å²) in [6.45, 7) is 0. The molecule has 0 unspecified atom stereocenters. The molecule has 0 aliphatic rings. The number of hydrogen-bond acceptors (Lipinski definition) is 2. The van der Waals surface area contributed by atoms with Crippen LogP contribution in [0.2, 0.25) is 0 Å². The van der Waals surface area contributed by atoms with E-state index in [1.165, 1.54) is 4.88 Å². The van der Waals surface area contributed by atoms with E-state index in [0.29, 0.717) is 6.42 Å². The van der Waals surface area contributed by atoms with E-state index in [9.17, 15) is 4.79 Å². The highest BCUT2D eigenvalue weighted by molar-refractivity contribution is 7.09. The van der Waals surface area contributed by atoms with E-state index in [-0.39, 0.29) is 0 Å². The van der Waals surface area contributed by atoms with E-state index in [0.717, 1.165) is 19.3 Å². The van der Waals surface area contributed by atoms with Crippen LogP contribution in [0, 0.1) is 0 Å². The summed E-state index contributed by atoms with van der Waals surface area (Å²) in [6.07, 6.45) is 3.08. The fourth-order valence-electron chi connectivity index (χ4n) is 1.03. The lowest BCUT2D eigenvalue weighted by Gasteiger charge is -1.95. The molecule has 0 fully saturated rings. The van der Waals surface area contributed by atoms with Crippen molar-refractivity contribution in [3.63, 3.8) is 0 Å². The molecule has 3 heteroatoms. The molecule has 1 rings (SSSR count). The maximum absolute atomic E-state index is 10.2. The van der Waals surface area contributed by atoms with Gasteiger partial charge in [-0.25, -0.2) is 0 Å². The molecular weight excluding hydrogens is 172 g/mol. The Morgan fingerprint density at radius 1 is 1.50 bits per heavy atom. The van der Waals surface area contributed by atoms with E-state index in [1.54, 1.807) is 11.3 Å².